The van der Waals surface area contributed by atoms with Crippen molar-refractivity contribution in [1.29, 1.82) is 5.26 Å². The van der Waals surface area contributed by atoms with Crippen LogP contribution < -0.4 is 0 Å². The molecule has 0 heterocycles. The van der Waals surface area contributed by atoms with E-state index in [9.17, 15) is 9.18 Å². The van der Waals surface area contributed by atoms with Gasteiger partial charge in [-0.25, -0.2) is 4.39 Å². The van der Waals surface area contributed by atoms with Crippen molar-refractivity contribution in [2.24, 2.45) is 0 Å². The summed E-state index contributed by atoms with van der Waals surface area (Å²) < 4.78 is 17.7. The molecule has 0 unspecified atom stereocenters. The molecule has 0 N–H and O–H groups in total. The quantitative estimate of drug-likeness (QED) is 0.746. The molecular formula is C10H7ClFNO2. The van der Waals surface area contributed by atoms with Crippen LogP contribution in [0.15, 0.2) is 18.2 Å². The molecule has 0 fully saturated rings. The van der Waals surface area contributed by atoms with Gasteiger partial charge in [0.2, 0.25) is 0 Å². The van der Waals surface area contributed by atoms with Crippen molar-refractivity contribution in [1.82, 2.24) is 0 Å². The van der Waals surface area contributed by atoms with E-state index in [4.69, 9.17) is 16.9 Å². The minimum absolute atomic E-state index is 0.189. The first-order chi connectivity index (χ1) is 7.13. The fourth-order valence-corrected chi connectivity index (χ4v) is 1.12. The summed E-state index contributed by atoms with van der Waals surface area (Å²) in [6.07, 6.45) is -0.345. The minimum Gasteiger partial charge on any atom is -0.460 e. The number of benzene rings is 1. The molecular weight excluding hydrogens is 221 g/mol. The lowest BCUT2D eigenvalue weighted by atomic mass is 10.2. The van der Waals surface area contributed by atoms with Gasteiger partial charge in [-0.2, -0.15) is 5.26 Å². The van der Waals surface area contributed by atoms with Crippen LogP contribution in [-0.2, 0) is 16.1 Å². The number of ether oxygens (including phenoxy) is 1. The summed E-state index contributed by atoms with van der Waals surface area (Å²) in [4.78, 5) is 10.8. The fourth-order valence-electron chi connectivity index (χ4n) is 0.928. The molecule has 1 aromatic carbocycles. The van der Waals surface area contributed by atoms with Gasteiger partial charge in [-0.1, -0.05) is 11.6 Å². The lowest BCUT2D eigenvalue weighted by molar-refractivity contribution is -0.143. The summed E-state index contributed by atoms with van der Waals surface area (Å²) in [7, 11) is 0. The maximum absolute atomic E-state index is 13.1. The van der Waals surface area contributed by atoms with Crippen LogP contribution in [0.25, 0.3) is 0 Å². The minimum atomic E-state index is -0.683. The van der Waals surface area contributed by atoms with Crippen LogP contribution in [0.2, 0.25) is 5.02 Å². The van der Waals surface area contributed by atoms with E-state index in [0.29, 0.717) is 5.02 Å². The highest BCUT2D eigenvalue weighted by Crippen LogP contribution is 2.15. The van der Waals surface area contributed by atoms with Gasteiger partial charge in [-0.3, -0.25) is 4.79 Å². The van der Waals surface area contributed by atoms with Gasteiger partial charge < -0.3 is 4.74 Å². The van der Waals surface area contributed by atoms with E-state index in [2.05, 4.69) is 4.74 Å². The Balaban J connectivity index is 2.61. The Morgan fingerprint density at radius 2 is 2.33 bits per heavy atom. The van der Waals surface area contributed by atoms with Crippen molar-refractivity contribution in [3.63, 3.8) is 0 Å². The number of nitrogens with zero attached hydrogens (tertiary/aromatic N) is 1. The third-order valence-electron chi connectivity index (χ3n) is 1.62. The second kappa shape index (κ2) is 5.32. The molecule has 0 amide bonds. The number of rotatable bonds is 3. The van der Waals surface area contributed by atoms with E-state index < -0.39 is 11.8 Å². The lowest BCUT2D eigenvalue weighted by Gasteiger charge is -2.04. The van der Waals surface area contributed by atoms with Gasteiger partial charge in [0.05, 0.1) is 6.07 Å². The largest absolute Gasteiger partial charge is 0.460 e. The van der Waals surface area contributed by atoms with Crippen LogP contribution in [0.4, 0.5) is 4.39 Å². The number of hydrogen-bond acceptors (Lipinski definition) is 3. The van der Waals surface area contributed by atoms with E-state index in [1.165, 1.54) is 18.2 Å². The van der Waals surface area contributed by atoms with E-state index in [1.54, 1.807) is 6.07 Å². The normalized spacial score (nSPS) is 9.40. The summed E-state index contributed by atoms with van der Waals surface area (Å²) in [5.74, 6) is -1.18. The molecule has 0 atom stereocenters. The second-order valence-corrected chi connectivity index (χ2v) is 3.17. The number of carbonyl (C=O) groups excluding carboxylic acids is 1. The Kier molecular flexibility index (Phi) is 4.07. The zero-order chi connectivity index (χ0) is 11.3. The van der Waals surface area contributed by atoms with Crippen molar-refractivity contribution in [3.8, 4) is 6.07 Å². The molecule has 5 heteroatoms. The molecule has 0 aliphatic rings. The van der Waals surface area contributed by atoms with Crippen LogP contribution in [0.1, 0.15) is 12.0 Å². The highest BCUT2D eigenvalue weighted by atomic mass is 35.5. The molecule has 15 heavy (non-hydrogen) atoms. The average Bonchev–Trinajstić information content (AvgIpc) is 2.20. The molecule has 1 rings (SSSR count). The summed E-state index contributed by atoms with van der Waals surface area (Å²) in [6.45, 7) is -0.215. The highest BCUT2D eigenvalue weighted by molar-refractivity contribution is 6.30. The third-order valence-corrected chi connectivity index (χ3v) is 1.85. The Hall–Kier alpha value is -1.60. The van der Waals surface area contributed by atoms with Gasteiger partial charge >= 0.3 is 5.97 Å². The van der Waals surface area contributed by atoms with Gasteiger partial charge in [0, 0.05) is 10.6 Å². The summed E-state index contributed by atoms with van der Waals surface area (Å²) in [5, 5.41) is 8.55. The monoisotopic (exact) mass is 227 g/mol. The molecule has 78 valence electrons. The predicted molar refractivity (Wildman–Crippen MR) is 51.4 cm³/mol. The van der Waals surface area contributed by atoms with Crippen molar-refractivity contribution in [3.05, 3.63) is 34.6 Å². The summed E-state index contributed by atoms with van der Waals surface area (Å²) in [6, 6.07) is 5.60. The highest BCUT2D eigenvalue weighted by Gasteiger charge is 2.06. The summed E-state index contributed by atoms with van der Waals surface area (Å²) in [5.41, 5.74) is 0.189. The standard InChI is InChI=1S/C10H7ClFNO2/c11-8-1-2-9(12)7(5-8)6-15-10(14)3-4-13/h1-2,5H,3,6H2. The predicted octanol–water partition coefficient (Wildman–Crippen LogP) is 2.44. The Bertz CT molecular complexity index is 414. The van der Waals surface area contributed by atoms with Crippen LogP contribution >= 0.6 is 11.6 Å². The first-order valence-electron chi connectivity index (χ1n) is 4.10. The lowest BCUT2D eigenvalue weighted by Crippen LogP contribution is -2.04. The maximum atomic E-state index is 13.1. The van der Waals surface area contributed by atoms with Crippen LogP contribution in [-0.4, -0.2) is 5.97 Å². The molecule has 0 saturated heterocycles. The van der Waals surface area contributed by atoms with Crippen molar-refractivity contribution >= 4 is 17.6 Å². The second-order valence-electron chi connectivity index (χ2n) is 2.73. The smallest absolute Gasteiger partial charge is 0.320 e. The number of esters is 1. The van der Waals surface area contributed by atoms with Gasteiger partial charge in [-0.15, -0.1) is 0 Å². The zero-order valence-corrected chi connectivity index (χ0v) is 8.42. The first-order valence-corrected chi connectivity index (χ1v) is 4.48. The number of nitriles is 1. The Morgan fingerprint density at radius 1 is 1.60 bits per heavy atom. The van der Waals surface area contributed by atoms with Gasteiger partial charge in [0.15, 0.2) is 0 Å². The van der Waals surface area contributed by atoms with Crippen LogP contribution in [0, 0.1) is 17.1 Å². The number of halogens is 2. The molecule has 0 bridgehead atoms. The maximum Gasteiger partial charge on any atom is 0.320 e. The fraction of sp³-hybridized carbons (Fsp3) is 0.200. The molecule has 3 nitrogen and oxygen atoms in total. The molecule has 0 radical (unpaired) electrons. The number of hydrogen-bond donors (Lipinski definition) is 0. The molecule has 0 aliphatic carbocycles. The third kappa shape index (κ3) is 3.56. The van der Waals surface area contributed by atoms with Gasteiger partial charge in [-0.05, 0) is 18.2 Å². The van der Waals surface area contributed by atoms with Crippen molar-refractivity contribution in [2.75, 3.05) is 0 Å². The van der Waals surface area contributed by atoms with Crippen LogP contribution in [0.3, 0.4) is 0 Å². The van der Waals surface area contributed by atoms with E-state index >= 15 is 0 Å². The van der Waals surface area contributed by atoms with E-state index in [1.807, 2.05) is 0 Å². The molecule has 0 saturated carbocycles. The van der Waals surface area contributed by atoms with E-state index in [-0.39, 0.29) is 18.6 Å². The van der Waals surface area contributed by atoms with Crippen molar-refractivity contribution < 1.29 is 13.9 Å². The molecule has 0 spiro atoms. The molecule has 0 aromatic heterocycles. The topological polar surface area (TPSA) is 50.1 Å². The average molecular weight is 228 g/mol. The number of carbonyl (C=O) groups is 1. The van der Waals surface area contributed by atoms with Gasteiger partial charge in [0.1, 0.15) is 18.8 Å². The zero-order valence-electron chi connectivity index (χ0n) is 7.67. The molecule has 1 aromatic rings. The van der Waals surface area contributed by atoms with Crippen molar-refractivity contribution in [2.45, 2.75) is 13.0 Å². The Morgan fingerprint density at radius 3 is 3.00 bits per heavy atom. The molecule has 0 aliphatic heterocycles. The van der Waals surface area contributed by atoms with Gasteiger partial charge in [0.25, 0.3) is 0 Å². The first kappa shape index (κ1) is 11.5. The Labute approximate surface area is 91.0 Å². The van der Waals surface area contributed by atoms with Crippen LogP contribution in [0.5, 0.6) is 0 Å². The summed E-state index contributed by atoms with van der Waals surface area (Å²) >= 11 is 5.63. The van der Waals surface area contributed by atoms with E-state index in [0.717, 1.165) is 0 Å². The SMILES string of the molecule is N#CCC(=O)OCc1cc(Cl)ccc1F.